The molecule has 3 aromatic carbocycles. The summed E-state index contributed by atoms with van der Waals surface area (Å²) in [5, 5.41) is 3.20. The second-order valence-electron chi connectivity index (χ2n) is 8.86. The lowest BCUT2D eigenvalue weighted by Gasteiger charge is -2.41. The molecule has 164 valence electrons. The highest BCUT2D eigenvalue weighted by molar-refractivity contribution is 5.68. The Balaban J connectivity index is 1.38. The van der Waals surface area contributed by atoms with Crippen LogP contribution in [-0.4, -0.2) is 19.2 Å². The summed E-state index contributed by atoms with van der Waals surface area (Å²) >= 11 is 0. The SMILES string of the molecule is COc1cc2c3c(c1)CC(c1ccccc1)CC3C(NC(=O)OCc1ccccc1)CC2. The molecule has 5 rings (SSSR count). The van der Waals surface area contributed by atoms with Crippen LogP contribution in [0.15, 0.2) is 72.8 Å². The molecule has 4 nitrogen and oxygen atoms in total. The summed E-state index contributed by atoms with van der Waals surface area (Å²) in [5.41, 5.74) is 6.49. The van der Waals surface area contributed by atoms with Gasteiger partial charge >= 0.3 is 6.09 Å². The zero-order valence-electron chi connectivity index (χ0n) is 18.4. The van der Waals surface area contributed by atoms with Gasteiger partial charge < -0.3 is 14.8 Å². The predicted molar refractivity (Wildman–Crippen MR) is 125 cm³/mol. The first-order valence-corrected chi connectivity index (χ1v) is 11.4. The monoisotopic (exact) mass is 427 g/mol. The number of carbonyl (C=O) groups excluding carboxylic acids is 1. The van der Waals surface area contributed by atoms with E-state index < -0.39 is 0 Å². The number of ether oxygens (including phenoxy) is 2. The average molecular weight is 428 g/mol. The maximum absolute atomic E-state index is 12.7. The number of nitrogens with one attached hydrogen (secondary N) is 1. The second kappa shape index (κ2) is 9.07. The lowest BCUT2D eigenvalue weighted by Crippen LogP contribution is -2.44. The van der Waals surface area contributed by atoms with Crippen molar-refractivity contribution in [1.82, 2.24) is 5.32 Å². The van der Waals surface area contributed by atoms with Crippen LogP contribution in [0.25, 0.3) is 0 Å². The van der Waals surface area contributed by atoms with Crippen molar-refractivity contribution in [2.75, 3.05) is 7.11 Å². The maximum Gasteiger partial charge on any atom is 0.407 e. The zero-order chi connectivity index (χ0) is 21.9. The van der Waals surface area contributed by atoms with E-state index in [2.05, 4.69) is 47.8 Å². The van der Waals surface area contributed by atoms with Gasteiger partial charge in [0.2, 0.25) is 0 Å². The van der Waals surface area contributed by atoms with Gasteiger partial charge in [-0.1, -0.05) is 60.7 Å². The molecule has 2 aliphatic carbocycles. The summed E-state index contributed by atoms with van der Waals surface area (Å²) in [6.07, 6.45) is 3.55. The summed E-state index contributed by atoms with van der Waals surface area (Å²) in [5.74, 6) is 1.64. The normalized spacial score (nSPS) is 21.3. The van der Waals surface area contributed by atoms with Gasteiger partial charge in [0.1, 0.15) is 12.4 Å². The Bertz CT molecular complexity index is 1080. The molecular formula is C28H29NO3. The number of methoxy groups -OCH3 is 1. The molecule has 4 heteroatoms. The van der Waals surface area contributed by atoms with Gasteiger partial charge in [-0.3, -0.25) is 0 Å². The van der Waals surface area contributed by atoms with Gasteiger partial charge in [-0.05, 0) is 71.6 Å². The number of rotatable bonds is 5. The van der Waals surface area contributed by atoms with Crippen LogP contribution in [0.5, 0.6) is 5.75 Å². The zero-order valence-corrected chi connectivity index (χ0v) is 18.4. The summed E-state index contributed by atoms with van der Waals surface area (Å²) < 4.78 is 11.1. The largest absolute Gasteiger partial charge is 0.497 e. The van der Waals surface area contributed by atoms with Crippen molar-refractivity contribution in [1.29, 1.82) is 0 Å². The molecule has 0 aromatic heterocycles. The van der Waals surface area contributed by atoms with Crippen molar-refractivity contribution >= 4 is 6.09 Å². The van der Waals surface area contributed by atoms with Crippen LogP contribution in [0.1, 0.15) is 52.5 Å². The molecule has 1 amide bonds. The molecule has 0 bridgehead atoms. The smallest absolute Gasteiger partial charge is 0.407 e. The van der Waals surface area contributed by atoms with Crippen LogP contribution in [-0.2, 0) is 24.2 Å². The third-order valence-corrected chi connectivity index (χ3v) is 6.93. The Kier molecular flexibility index (Phi) is 5.85. The molecule has 0 aliphatic heterocycles. The van der Waals surface area contributed by atoms with Crippen LogP contribution >= 0.6 is 0 Å². The van der Waals surface area contributed by atoms with Crippen molar-refractivity contribution in [3.8, 4) is 5.75 Å². The van der Waals surface area contributed by atoms with E-state index in [0.29, 0.717) is 5.92 Å². The van der Waals surface area contributed by atoms with E-state index in [0.717, 1.165) is 37.0 Å². The van der Waals surface area contributed by atoms with Crippen LogP contribution in [0.3, 0.4) is 0 Å². The first-order chi connectivity index (χ1) is 15.7. The minimum absolute atomic E-state index is 0.0735. The van der Waals surface area contributed by atoms with Crippen molar-refractivity contribution in [2.45, 2.75) is 50.2 Å². The molecule has 32 heavy (non-hydrogen) atoms. The van der Waals surface area contributed by atoms with E-state index in [1.807, 2.05) is 30.3 Å². The van der Waals surface area contributed by atoms with Gasteiger partial charge in [0, 0.05) is 12.0 Å². The summed E-state index contributed by atoms with van der Waals surface area (Å²) in [4.78, 5) is 12.7. The maximum atomic E-state index is 12.7. The van der Waals surface area contributed by atoms with Gasteiger partial charge in [0.25, 0.3) is 0 Å². The number of carbonyl (C=O) groups is 1. The summed E-state index contributed by atoms with van der Waals surface area (Å²) in [6.45, 7) is 0.287. The lowest BCUT2D eigenvalue weighted by molar-refractivity contribution is 0.131. The van der Waals surface area contributed by atoms with Gasteiger partial charge in [0.15, 0.2) is 0 Å². The molecule has 0 heterocycles. The number of aryl methyl sites for hydroxylation is 1. The van der Waals surface area contributed by atoms with Crippen molar-refractivity contribution in [2.24, 2.45) is 0 Å². The van der Waals surface area contributed by atoms with Crippen molar-refractivity contribution in [3.05, 3.63) is 101 Å². The molecule has 0 radical (unpaired) electrons. The van der Waals surface area contributed by atoms with Crippen LogP contribution in [0.4, 0.5) is 4.79 Å². The van der Waals surface area contributed by atoms with Gasteiger partial charge in [0.05, 0.1) is 7.11 Å². The molecule has 0 spiro atoms. The standard InChI is InChI=1S/C28H29NO3/c1-31-24-15-21-12-13-26(29-28(30)32-18-19-8-4-2-5-9-19)25-17-22(14-23(16-24)27(21)25)20-10-6-3-7-11-20/h2-11,15-16,22,25-26H,12-14,17-18H2,1H3,(H,29,30). The molecular weight excluding hydrogens is 398 g/mol. The van der Waals surface area contributed by atoms with Crippen LogP contribution < -0.4 is 10.1 Å². The van der Waals surface area contributed by atoms with E-state index in [-0.39, 0.29) is 24.7 Å². The predicted octanol–water partition coefficient (Wildman–Crippen LogP) is 5.75. The molecule has 2 aliphatic rings. The van der Waals surface area contributed by atoms with E-state index >= 15 is 0 Å². The highest BCUT2D eigenvalue weighted by Crippen LogP contribution is 2.47. The molecule has 0 saturated carbocycles. The molecule has 0 saturated heterocycles. The third-order valence-electron chi connectivity index (χ3n) is 6.93. The first kappa shape index (κ1) is 20.6. The Hall–Kier alpha value is -3.27. The summed E-state index contributed by atoms with van der Waals surface area (Å²) in [6, 6.07) is 25.0. The number of benzene rings is 3. The third kappa shape index (κ3) is 4.22. The second-order valence-corrected chi connectivity index (χ2v) is 8.86. The summed E-state index contributed by atoms with van der Waals surface area (Å²) in [7, 11) is 1.74. The van der Waals surface area contributed by atoms with Crippen molar-refractivity contribution < 1.29 is 14.3 Å². The first-order valence-electron chi connectivity index (χ1n) is 11.4. The molecule has 3 atom stereocenters. The number of amides is 1. The van der Waals surface area contributed by atoms with Crippen molar-refractivity contribution in [3.63, 3.8) is 0 Å². The average Bonchev–Trinajstić information content (AvgIpc) is 2.85. The van der Waals surface area contributed by atoms with Gasteiger partial charge in [-0.15, -0.1) is 0 Å². The molecule has 3 unspecified atom stereocenters. The fourth-order valence-corrected chi connectivity index (χ4v) is 5.44. The highest BCUT2D eigenvalue weighted by Gasteiger charge is 2.38. The highest BCUT2D eigenvalue weighted by atomic mass is 16.5. The Morgan fingerprint density at radius 2 is 1.72 bits per heavy atom. The van der Waals surface area contributed by atoms with Gasteiger partial charge in [-0.25, -0.2) is 4.79 Å². The number of hydrogen-bond donors (Lipinski definition) is 1. The van der Waals surface area contributed by atoms with Gasteiger partial charge in [-0.2, -0.15) is 0 Å². The van der Waals surface area contributed by atoms with E-state index in [9.17, 15) is 4.79 Å². The molecule has 3 aromatic rings. The Morgan fingerprint density at radius 3 is 2.47 bits per heavy atom. The van der Waals surface area contributed by atoms with E-state index in [4.69, 9.17) is 9.47 Å². The number of hydrogen-bond acceptors (Lipinski definition) is 3. The number of alkyl carbamates (subject to hydrolysis) is 1. The van der Waals surface area contributed by atoms with Crippen LogP contribution in [0, 0.1) is 0 Å². The Morgan fingerprint density at radius 1 is 1.00 bits per heavy atom. The Labute approximate surface area is 189 Å². The van der Waals surface area contributed by atoms with E-state index in [1.54, 1.807) is 7.11 Å². The minimum atomic E-state index is -0.334. The fraction of sp³-hybridized carbons (Fsp3) is 0.321. The molecule has 1 N–H and O–H groups in total. The quantitative estimate of drug-likeness (QED) is 0.564. The fourth-order valence-electron chi connectivity index (χ4n) is 5.44. The minimum Gasteiger partial charge on any atom is -0.497 e. The topological polar surface area (TPSA) is 47.6 Å². The molecule has 0 fully saturated rings. The lowest BCUT2D eigenvalue weighted by atomic mass is 9.66. The van der Waals surface area contributed by atoms with E-state index in [1.165, 1.54) is 22.3 Å². The van der Waals surface area contributed by atoms with Crippen LogP contribution in [0.2, 0.25) is 0 Å².